The molecule has 2 rings (SSSR count). The number of anilines is 1. The molecular formula is C17H19NO2. The molecule has 0 atom stereocenters. The lowest BCUT2D eigenvalue weighted by Crippen LogP contribution is -2.13. The number of hydrogen-bond donors (Lipinski definition) is 1. The van der Waals surface area contributed by atoms with Crippen LogP contribution < -0.4 is 5.32 Å². The minimum atomic E-state index is -0.102. The lowest BCUT2D eigenvalue weighted by Gasteiger charge is -2.10. The SMILES string of the molecule is COCc1cccc(C(=O)Nc2ccc(C)cc2C)c1. The largest absolute Gasteiger partial charge is 0.380 e. The van der Waals surface area contributed by atoms with Gasteiger partial charge in [0.15, 0.2) is 0 Å². The summed E-state index contributed by atoms with van der Waals surface area (Å²) in [5, 5.41) is 2.94. The van der Waals surface area contributed by atoms with E-state index in [-0.39, 0.29) is 5.91 Å². The number of aryl methyl sites for hydroxylation is 2. The molecule has 0 aliphatic heterocycles. The second-order valence-corrected chi connectivity index (χ2v) is 4.91. The van der Waals surface area contributed by atoms with Crippen molar-refractivity contribution in [2.24, 2.45) is 0 Å². The molecule has 0 aliphatic carbocycles. The third-order valence-corrected chi connectivity index (χ3v) is 3.13. The molecule has 0 fully saturated rings. The summed E-state index contributed by atoms with van der Waals surface area (Å²) in [6.45, 7) is 4.53. The van der Waals surface area contributed by atoms with Crippen LogP contribution in [0.4, 0.5) is 5.69 Å². The topological polar surface area (TPSA) is 38.3 Å². The van der Waals surface area contributed by atoms with E-state index in [1.807, 2.05) is 44.2 Å². The lowest BCUT2D eigenvalue weighted by molar-refractivity contribution is 0.102. The highest BCUT2D eigenvalue weighted by Crippen LogP contribution is 2.17. The molecule has 1 amide bonds. The van der Waals surface area contributed by atoms with Gasteiger partial charge in [-0.25, -0.2) is 0 Å². The number of hydrogen-bond acceptors (Lipinski definition) is 2. The Bertz CT molecular complexity index is 620. The Morgan fingerprint density at radius 3 is 2.65 bits per heavy atom. The van der Waals surface area contributed by atoms with Gasteiger partial charge in [0, 0.05) is 18.4 Å². The first-order valence-electron chi connectivity index (χ1n) is 6.56. The fourth-order valence-corrected chi connectivity index (χ4v) is 2.12. The maximum absolute atomic E-state index is 12.3. The van der Waals surface area contributed by atoms with Crippen molar-refractivity contribution in [1.82, 2.24) is 0 Å². The van der Waals surface area contributed by atoms with Crippen molar-refractivity contribution in [3.8, 4) is 0 Å². The first-order valence-corrected chi connectivity index (χ1v) is 6.56. The molecule has 3 nitrogen and oxygen atoms in total. The third kappa shape index (κ3) is 3.45. The van der Waals surface area contributed by atoms with E-state index in [4.69, 9.17) is 4.74 Å². The van der Waals surface area contributed by atoms with Crippen LogP contribution in [0.15, 0.2) is 42.5 Å². The van der Waals surface area contributed by atoms with E-state index in [0.29, 0.717) is 12.2 Å². The Morgan fingerprint density at radius 2 is 1.95 bits per heavy atom. The molecule has 0 saturated carbocycles. The van der Waals surface area contributed by atoms with Crippen LogP contribution >= 0.6 is 0 Å². The predicted octanol–water partition coefficient (Wildman–Crippen LogP) is 3.70. The van der Waals surface area contributed by atoms with Gasteiger partial charge >= 0.3 is 0 Å². The van der Waals surface area contributed by atoms with Crippen LogP contribution in [0.5, 0.6) is 0 Å². The van der Waals surface area contributed by atoms with Gasteiger partial charge in [-0.05, 0) is 43.2 Å². The first-order chi connectivity index (χ1) is 9.60. The van der Waals surface area contributed by atoms with E-state index in [0.717, 1.165) is 16.8 Å². The van der Waals surface area contributed by atoms with Crippen molar-refractivity contribution in [3.63, 3.8) is 0 Å². The zero-order chi connectivity index (χ0) is 14.5. The van der Waals surface area contributed by atoms with Crippen LogP contribution in [0.2, 0.25) is 0 Å². The highest BCUT2D eigenvalue weighted by atomic mass is 16.5. The summed E-state index contributed by atoms with van der Waals surface area (Å²) in [7, 11) is 1.64. The maximum Gasteiger partial charge on any atom is 0.255 e. The van der Waals surface area contributed by atoms with Gasteiger partial charge in [0.25, 0.3) is 5.91 Å². The molecule has 0 spiro atoms. The van der Waals surface area contributed by atoms with Crippen LogP contribution in [-0.4, -0.2) is 13.0 Å². The molecule has 0 heterocycles. The summed E-state index contributed by atoms with van der Waals surface area (Å²) in [5.74, 6) is -0.102. The maximum atomic E-state index is 12.3. The molecule has 0 bridgehead atoms. The minimum absolute atomic E-state index is 0.102. The average Bonchev–Trinajstić information content (AvgIpc) is 2.42. The number of carbonyl (C=O) groups excluding carboxylic acids is 1. The van der Waals surface area contributed by atoms with Gasteiger partial charge in [0.05, 0.1) is 6.61 Å². The Labute approximate surface area is 119 Å². The summed E-state index contributed by atoms with van der Waals surface area (Å²) in [5.41, 5.74) is 4.71. The van der Waals surface area contributed by atoms with E-state index >= 15 is 0 Å². The molecule has 20 heavy (non-hydrogen) atoms. The normalized spacial score (nSPS) is 10.3. The molecule has 0 aliphatic rings. The molecule has 0 radical (unpaired) electrons. The molecule has 0 saturated heterocycles. The molecular weight excluding hydrogens is 250 g/mol. The first kappa shape index (κ1) is 14.3. The van der Waals surface area contributed by atoms with Crippen LogP contribution in [0.3, 0.4) is 0 Å². The highest BCUT2D eigenvalue weighted by molar-refractivity contribution is 6.04. The molecule has 1 N–H and O–H groups in total. The second-order valence-electron chi connectivity index (χ2n) is 4.91. The summed E-state index contributed by atoms with van der Waals surface area (Å²) < 4.78 is 5.08. The standard InChI is InChI=1S/C17H19NO2/c1-12-7-8-16(13(2)9-12)18-17(19)15-6-4-5-14(10-15)11-20-3/h4-10H,11H2,1-3H3,(H,18,19). The van der Waals surface area contributed by atoms with E-state index < -0.39 is 0 Å². The number of methoxy groups -OCH3 is 1. The summed E-state index contributed by atoms with van der Waals surface area (Å²) in [6.07, 6.45) is 0. The molecule has 104 valence electrons. The number of rotatable bonds is 4. The molecule has 0 unspecified atom stereocenters. The minimum Gasteiger partial charge on any atom is -0.380 e. The van der Waals surface area contributed by atoms with Gasteiger partial charge in [-0.15, -0.1) is 0 Å². The van der Waals surface area contributed by atoms with Crippen molar-refractivity contribution >= 4 is 11.6 Å². The third-order valence-electron chi connectivity index (χ3n) is 3.13. The molecule has 2 aromatic carbocycles. The number of carbonyl (C=O) groups is 1. The smallest absolute Gasteiger partial charge is 0.255 e. The Balaban J connectivity index is 2.17. The van der Waals surface area contributed by atoms with Crippen molar-refractivity contribution in [2.45, 2.75) is 20.5 Å². The Kier molecular flexibility index (Phi) is 4.53. The van der Waals surface area contributed by atoms with Crippen LogP contribution in [-0.2, 0) is 11.3 Å². The number of nitrogens with one attached hydrogen (secondary N) is 1. The van der Waals surface area contributed by atoms with Crippen LogP contribution in [0.1, 0.15) is 27.0 Å². The number of amides is 1. The van der Waals surface area contributed by atoms with E-state index in [2.05, 4.69) is 11.4 Å². The lowest BCUT2D eigenvalue weighted by atomic mass is 10.1. The summed E-state index contributed by atoms with van der Waals surface area (Å²) in [6, 6.07) is 13.4. The van der Waals surface area contributed by atoms with Crippen molar-refractivity contribution < 1.29 is 9.53 Å². The van der Waals surface area contributed by atoms with E-state index in [1.54, 1.807) is 13.2 Å². The highest BCUT2D eigenvalue weighted by Gasteiger charge is 2.08. The zero-order valence-corrected chi connectivity index (χ0v) is 12.1. The molecule has 2 aromatic rings. The number of ether oxygens (including phenoxy) is 1. The monoisotopic (exact) mass is 269 g/mol. The van der Waals surface area contributed by atoms with Crippen LogP contribution in [0.25, 0.3) is 0 Å². The van der Waals surface area contributed by atoms with Crippen molar-refractivity contribution in [3.05, 3.63) is 64.7 Å². The van der Waals surface area contributed by atoms with Gasteiger partial charge in [0.1, 0.15) is 0 Å². The van der Waals surface area contributed by atoms with Crippen molar-refractivity contribution in [2.75, 3.05) is 12.4 Å². The predicted molar refractivity (Wildman–Crippen MR) is 81.0 cm³/mol. The zero-order valence-electron chi connectivity index (χ0n) is 12.1. The van der Waals surface area contributed by atoms with Crippen molar-refractivity contribution in [1.29, 1.82) is 0 Å². The molecule has 0 aromatic heterocycles. The fraction of sp³-hybridized carbons (Fsp3) is 0.235. The van der Waals surface area contributed by atoms with Gasteiger partial charge < -0.3 is 10.1 Å². The van der Waals surface area contributed by atoms with E-state index in [9.17, 15) is 4.79 Å². The number of benzene rings is 2. The van der Waals surface area contributed by atoms with Gasteiger partial charge in [-0.2, -0.15) is 0 Å². The summed E-state index contributed by atoms with van der Waals surface area (Å²) >= 11 is 0. The molecule has 3 heteroatoms. The fourth-order valence-electron chi connectivity index (χ4n) is 2.12. The second kappa shape index (κ2) is 6.35. The quantitative estimate of drug-likeness (QED) is 0.919. The van der Waals surface area contributed by atoms with E-state index in [1.165, 1.54) is 5.56 Å². The van der Waals surface area contributed by atoms with Gasteiger partial charge in [-0.1, -0.05) is 29.8 Å². The average molecular weight is 269 g/mol. The summed E-state index contributed by atoms with van der Waals surface area (Å²) in [4.78, 5) is 12.3. The van der Waals surface area contributed by atoms with Crippen LogP contribution in [0, 0.1) is 13.8 Å². The van der Waals surface area contributed by atoms with Gasteiger partial charge in [0.2, 0.25) is 0 Å². The Hall–Kier alpha value is -2.13. The Morgan fingerprint density at radius 1 is 1.15 bits per heavy atom. The van der Waals surface area contributed by atoms with Gasteiger partial charge in [-0.3, -0.25) is 4.79 Å².